The lowest BCUT2D eigenvalue weighted by atomic mass is 10.0. The average molecular weight is 646 g/mol. The van der Waals surface area contributed by atoms with Crippen molar-refractivity contribution >= 4 is 6.16 Å². The number of carbonyl (C=O) groups excluding carboxylic acids is 1. The Morgan fingerprint density at radius 3 is 1.35 bits per heavy atom. The van der Waals surface area contributed by atoms with Gasteiger partial charge in [-0.25, -0.2) is 4.79 Å². The maximum absolute atomic E-state index is 12.3. The van der Waals surface area contributed by atoms with Crippen molar-refractivity contribution in [2.45, 2.75) is 188 Å². The van der Waals surface area contributed by atoms with E-state index in [1.165, 1.54) is 116 Å². The zero-order valence-corrected chi connectivity index (χ0v) is 30.5. The Kier molecular flexibility index (Phi) is 39.6. The zero-order valence-electron chi connectivity index (χ0n) is 30.5. The van der Waals surface area contributed by atoms with E-state index in [4.69, 9.17) is 9.47 Å². The van der Waals surface area contributed by atoms with Gasteiger partial charge in [-0.15, -0.1) is 0 Å². The molecule has 4 nitrogen and oxygen atoms in total. The van der Waals surface area contributed by atoms with Crippen LogP contribution in [0.1, 0.15) is 182 Å². The van der Waals surface area contributed by atoms with E-state index in [0.29, 0.717) is 6.61 Å². The molecule has 0 aliphatic rings. The third-order valence-corrected chi connectivity index (χ3v) is 8.19. The van der Waals surface area contributed by atoms with Crippen LogP contribution in [0.25, 0.3) is 0 Å². The first-order valence-electron chi connectivity index (χ1n) is 19.2. The Bertz CT molecular complexity index is 678. The second kappa shape index (κ2) is 39.4. The molecule has 0 aliphatic heterocycles. The van der Waals surface area contributed by atoms with Gasteiger partial charge in [-0.1, -0.05) is 134 Å². The summed E-state index contributed by atoms with van der Waals surface area (Å²) in [7, 11) is 4.07. The molecule has 0 fully saturated rings. The second-order valence-electron chi connectivity index (χ2n) is 13.0. The van der Waals surface area contributed by atoms with E-state index in [-0.39, 0.29) is 13.5 Å². The maximum Gasteiger partial charge on any atom is 0.508 e. The van der Waals surface area contributed by atoms with Crippen LogP contribution in [0.3, 0.4) is 0 Å². The van der Waals surface area contributed by atoms with Crippen molar-refractivity contribution in [1.82, 2.24) is 4.90 Å². The average Bonchev–Trinajstić information content (AvgIpc) is 3.02. The predicted molar refractivity (Wildman–Crippen MR) is 205 cm³/mol. The van der Waals surface area contributed by atoms with Gasteiger partial charge in [0.2, 0.25) is 0 Å². The number of ether oxygens (including phenoxy) is 2. The van der Waals surface area contributed by atoms with Gasteiger partial charge < -0.3 is 14.4 Å². The first-order valence-corrected chi connectivity index (χ1v) is 19.2. The summed E-state index contributed by atoms with van der Waals surface area (Å²) in [6, 6.07) is 0. The van der Waals surface area contributed by atoms with Gasteiger partial charge in [0.15, 0.2) is 0 Å². The minimum absolute atomic E-state index is 0. The lowest BCUT2D eigenvalue weighted by Crippen LogP contribution is -2.21. The number of allylic oxidation sites excluding steroid dienone is 8. The number of carbonyl (C=O) groups is 1. The van der Waals surface area contributed by atoms with Crippen LogP contribution < -0.4 is 0 Å². The summed E-state index contributed by atoms with van der Waals surface area (Å²) in [5.74, 6) is 0. The van der Waals surface area contributed by atoms with Crippen LogP contribution in [-0.4, -0.2) is 44.4 Å². The molecule has 4 heteroatoms. The number of unbranched alkanes of at least 4 members (excludes halogenated alkanes) is 16. The second-order valence-corrected chi connectivity index (χ2v) is 13.0. The summed E-state index contributed by atoms with van der Waals surface area (Å²) in [6.45, 7) is 5.85. The van der Waals surface area contributed by atoms with E-state index in [0.717, 1.165) is 51.5 Å². The first kappa shape index (κ1) is 46.3. The van der Waals surface area contributed by atoms with Crippen molar-refractivity contribution in [2.75, 3.05) is 27.2 Å². The highest BCUT2D eigenvalue weighted by Crippen LogP contribution is 2.18. The number of rotatable bonds is 33. The molecule has 46 heavy (non-hydrogen) atoms. The summed E-state index contributed by atoms with van der Waals surface area (Å²) in [6.07, 6.45) is 48.0. The van der Waals surface area contributed by atoms with Crippen LogP contribution >= 0.6 is 0 Å². The van der Waals surface area contributed by atoms with E-state index in [2.05, 4.69) is 67.4 Å². The molecular weight excluding hydrogens is 566 g/mol. The molecule has 0 spiro atoms. The highest BCUT2D eigenvalue weighted by Gasteiger charge is 2.15. The van der Waals surface area contributed by atoms with Crippen LogP contribution in [0, 0.1) is 0 Å². The maximum atomic E-state index is 12.3. The summed E-state index contributed by atoms with van der Waals surface area (Å²) >= 11 is 0. The Morgan fingerprint density at radius 2 is 0.935 bits per heavy atom. The monoisotopic (exact) mass is 646 g/mol. The molecule has 0 heterocycles. The van der Waals surface area contributed by atoms with Gasteiger partial charge in [-0.05, 0) is 110 Å². The highest BCUT2D eigenvalue weighted by atomic mass is 16.7. The summed E-state index contributed by atoms with van der Waals surface area (Å²) in [4.78, 5) is 14.4. The smallest absolute Gasteiger partial charge is 0.434 e. The fraction of sp³-hybridized carbons (Fsp3) is 0.786. The highest BCUT2D eigenvalue weighted by molar-refractivity contribution is 5.60. The fourth-order valence-electron chi connectivity index (χ4n) is 5.34. The van der Waals surface area contributed by atoms with Crippen LogP contribution in [-0.2, 0) is 9.47 Å². The van der Waals surface area contributed by atoms with Gasteiger partial charge in [0.25, 0.3) is 0 Å². The normalized spacial score (nSPS) is 12.0. The van der Waals surface area contributed by atoms with Gasteiger partial charge in [-0.2, -0.15) is 0 Å². The van der Waals surface area contributed by atoms with Crippen LogP contribution in [0.2, 0.25) is 0 Å². The Hall–Kier alpha value is -1.81. The van der Waals surface area contributed by atoms with Crippen LogP contribution in [0.4, 0.5) is 4.79 Å². The topological polar surface area (TPSA) is 38.8 Å². The molecule has 0 bridgehead atoms. The Labute approximate surface area is 288 Å². The van der Waals surface area contributed by atoms with Gasteiger partial charge in [-0.3, -0.25) is 0 Å². The lowest BCUT2D eigenvalue weighted by molar-refractivity contribution is 0.0150. The van der Waals surface area contributed by atoms with Gasteiger partial charge in [0.1, 0.15) is 6.10 Å². The molecule has 0 aromatic heterocycles. The van der Waals surface area contributed by atoms with Gasteiger partial charge >= 0.3 is 6.16 Å². The Morgan fingerprint density at radius 1 is 0.543 bits per heavy atom. The van der Waals surface area contributed by atoms with Gasteiger partial charge in [0.05, 0.1) is 6.61 Å². The third kappa shape index (κ3) is 38.4. The number of nitrogens with zero attached hydrogens (tertiary/aromatic N) is 1. The molecule has 270 valence electrons. The van der Waals surface area contributed by atoms with Crippen molar-refractivity contribution in [1.29, 1.82) is 0 Å². The molecular formula is C42H79NO3. The van der Waals surface area contributed by atoms with Crippen molar-refractivity contribution in [3.8, 4) is 0 Å². The van der Waals surface area contributed by atoms with E-state index >= 15 is 0 Å². The van der Waals surface area contributed by atoms with Crippen LogP contribution in [0.5, 0.6) is 0 Å². The molecule has 0 unspecified atom stereocenters. The van der Waals surface area contributed by atoms with E-state index in [1.807, 2.05) is 14.1 Å². The van der Waals surface area contributed by atoms with E-state index in [1.54, 1.807) is 0 Å². The Balaban J connectivity index is 0. The van der Waals surface area contributed by atoms with Crippen molar-refractivity contribution < 1.29 is 14.3 Å². The van der Waals surface area contributed by atoms with Gasteiger partial charge in [0, 0.05) is 6.54 Å². The number of hydrogen-bond acceptors (Lipinski definition) is 4. The largest absolute Gasteiger partial charge is 0.508 e. The zero-order chi connectivity index (χ0) is 32.9. The molecule has 0 rings (SSSR count). The quantitative estimate of drug-likeness (QED) is 0.0404. The summed E-state index contributed by atoms with van der Waals surface area (Å²) in [5.41, 5.74) is 0. The van der Waals surface area contributed by atoms with Crippen molar-refractivity contribution in [3.63, 3.8) is 0 Å². The molecule has 0 atom stereocenters. The molecule has 0 N–H and O–H groups in total. The molecule has 0 saturated heterocycles. The fourth-order valence-corrected chi connectivity index (χ4v) is 5.34. The SMILES string of the molecule is C.CCCCC/C=C\C/C=C\CCCCCCCC(CCCCCCC/C=C\C/C=C\CCCCC)OC(=O)OCCCN(C)C. The minimum Gasteiger partial charge on any atom is -0.434 e. The first-order chi connectivity index (χ1) is 22.1. The van der Waals surface area contributed by atoms with Crippen molar-refractivity contribution in [3.05, 3.63) is 48.6 Å². The molecule has 0 aliphatic carbocycles. The van der Waals surface area contributed by atoms with Crippen molar-refractivity contribution in [2.24, 2.45) is 0 Å². The number of hydrogen-bond donors (Lipinski definition) is 0. The third-order valence-electron chi connectivity index (χ3n) is 8.19. The molecule has 0 amide bonds. The van der Waals surface area contributed by atoms with Crippen LogP contribution in [0.15, 0.2) is 48.6 Å². The molecule has 0 aromatic rings. The predicted octanol–water partition coefficient (Wildman–Crippen LogP) is 13.7. The summed E-state index contributed by atoms with van der Waals surface area (Å²) in [5, 5.41) is 0. The van der Waals surface area contributed by atoms with E-state index in [9.17, 15) is 4.79 Å². The molecule has 0 saturated carbocycles. The minimum atomic E-state index is -0.482. The molecule has 0 aromatic carbocycles. The summed E-state index contributed by atoms with van der Waals surface area (Å²) < 4.78 is 11.2. The van der Waals surface area contributed by atoms with E-state index < -0.39 is 6.16 Å². The molecule has 0 radical (unpaired) electrons. The lowest BCUT2D eigenvalue weighted by Gasteiger charge is -2.18. The standard InChI is InChI=1S/C41H75NO3.CH4/c1-5-7-9-11-13-15-17-19-21-23-25-27-29-31-33-36-40(45-41(43)44-39-35-38-42(3)4)37-34-32-30-28-26-24-22-20-18-16-14-12-10-8-6-2;/h13-16,19-22,40H,5-12,17-18,23-39H2,1-4H3;1H4/b15-13-,16-14-,21-19-,22-20-;.